The van der Waals surface area contributed by atoms with E-state index in [0.717, 1.165) is 0 Å². The Morgan fingerprint density at radius 1 is 1.33 bits per heavy atom. The number of rotatable bonds is 7. The number of likely N-dealkylation sites (N-methyl/N-ethyl adjacent to an activating group) is 1. The molecule has 7 nitrogen and oxygen atoms in total. The molecular weight excluding hydrogens is 274 g/mol. The topological polar surface area (TPSA) is 91.6 Å². The second kappa shape index (κ2) is 7.47. The number of hydrogen-bond acceptors (Lipinski definition) is 3. The van der Waals surface area contributed by atoms with Crippen molar-refractivity contribution in [3.8, 4) is 0 Å². The van der Waals surface area contributed by atoms with Crippen LogP contribution in [0.25, 0.3) is 0 Å². The average Bonchev–Trinajstić information content (AvgIpc) is 2.87. The summed E-state index contributed by atoms with van der Waals surface area (Å²) < 4.78 is 1.33. The lowest BCUT2D eigenvalue weighted by Gasteiger charge is -2.23. The van der Waals surface area contributed by atoms with Gasteiger partial charge in [0.1, 0.15) is 18.3 Å². The Labute approximate surface area is 123 Å². The zero-order valence-electron chi connectivity index (χ0n) is 12.5. The third-order valence-electron chi connectivity index (χ3n) is 3.16. The van der Waals surface area contributed by atoms with Gasteiger partial charge in [-0.15, -0.1) is 0 Å². The van der Waals surface area contributed by atoms with Gasteiger partial charge >= 0.3 is 5.97 Å². The molecule has 1 aromatic rings. The summed E-state index contributed by atoms with van der Waals surface area (Å²) in [5.41, 5.74) is 0.219. The third-order valence-corrected chi connectivity index (χ3v) is 3.16. The van der Waals surface area contributed by atoms with Crippen LogP contribution >= 0.6 is 0 Å². The van der Waals surface area contributed by atoms with E-state index in [4.69, 9.17) is 5.11 Å². The molecule has 0 aliphatic heterocycles. The predicted octanol–water partition coefficient (Wildman–Crippen LogP) is 0.559. The number of nitrogens with one attached hydrogen (secondary N) is 1. The van der Waals surface area contributed by atoms with Crippen LogP contribution in [0.15, 0.2) is 18.3 Å². The summed E-state index contributed by atoms with van der Waals surface area (Å²) in [4.78, 5) is 36.6. The van der Waals surface area contributed by atoms with Crippen molar-refractivity contribution in [1.82, 2.24) is 14.8 Å². The molecule has 0 saturated heterocycles. The quantitative estimate of drug-likeness (QED) is 0.769. The van der Waals surface area contributed by atoms with Gasteiger partial charge in [0.25, 0.3) is 5.91 Å². The fourth-order valence-corrected chi connectivity index (χ4v) is 2.05. The minimum atomic E-state index is -1.03. The molecule has 1 heterocycles. The molecule has 2 amide bonds. The van der Waals surface area contributed by atoms with Crippen LogP contribution in [0.2, 0.25) is 0 Å². The van der Waals surface area contributed by atoms with Crippen molar-refractivity contribution in [3.05, 3.63) is 24.0 Å². The Morgan fingerprint density at radius 3 is 2.48 bits per heavy atom. The summed E-state index contributed by atoms with van der Waals surface area (Å²) in [5, 5.41) is 11.4. The standard InChI is InChI=1S/C14H21N3O4/c1-4-16(5-2)14(21)10(3)15-13(20)11-7-6-8-17(11)9-12(18)19/h6-8,10H,4-5,9H2,1-3H3,(H,15,20)(H,18,19). The molecule has 0 saturated carbocycles. The highest BCUT2D eigenvalue weighted by Gasteiger charge is 2.22. The van der Waals surface area contributed by atoms with E-state index in [2.05, 4.69) is 5.32 Å². The van der Waals surface area contributed by atoms with Crippen LogP contribution < -0.4 is 5.32 Å². The molecule has 1 unspecified atom stereocenters. The van der Waals surface area contributed by atoms with Crippen molar-refractivity contribution in [1.29, 1.82) is 0 Å². The Morgan fingerprint density at radius 2 is 1.95 bits per heavy atom. The van der Waals surface area contributed by atoms with Crippen molar-refractivity contribution in [2.24, 2.45) is 0 Å². The summed E-state index contributed by atoms with van der Waals surface area (Å²) >= 11 is 0. The molecule has 0 aliphatic rings. The van der Waals surface area contributed by atoms with Gasteiger partial charge in [-0.05, 0) is 32.9 Å². The van der Waals surface area contributed by atoms with E-state index in [-0.39, 0.29) is 18.1 Å². The van der Waals surface area contributed by atoms with Gasteiger partial charge in [0, 0.05) is 19.3 Å². The number of aromatic nitrogens is 1. The van der Waals surface area contributed by atoms with Crippen LogP contribution in [0.1, 0.15) is 31.3 Å². The molecule has 116 valence electrons. The fraction of sp³-hybridized carbons (Fsp3) is 0.500. The molecule has 2 N–H and O–H groups in total. The van der Waals surface area contributed by atoms with Gasteiger partial charge in [-0.25, -0.2) is 0 Å². The summed E-state index contributed by atoms with van der Waals surface area (Å²) in [6, 6.07) is 2.45. The lowest BCUT2D eigenvalue weighted by Crippen LogP contribution is -2.47. The molecule has 0 aromatic carbocycles. The predicted molar refractivity (Wildman–Crippen MR) is 76.9 cm³/mol. The second-order valence-electron chi connectivity index (χ2n) is 4.62. The molecule has 0 radical (unpaired) electrons. The first-order valence-electron chi connectivity index (χ1n) is 6.87. The van der Waals surface area contributed by atoms with Crippen LogP contribution in [-0.4, -0.2) is 51.5 Å². The van der Waals surface area contributed by atoms with Crippen molar-refractivity contribution in [2.75, 3.05) is 13.1 Å². The number of carboxylic acid groups (broad SMARTS) is 1. The molecule has 0 bridgehead atoms. The first-order valence-corrected chi connectivity index (χ1v) is 6.87. The molecule has 1 aromatic heterocycles. The maximum Gasteiger partial charge on any atom is 0.323 e. The van der Waals surface area contributed by atoms with Crippen LogP contribution in [0, 0.1) is 0 Å². The monoisotopic (exact) mass is 295 g/mol. The number of carbonyl (C=O) groups excluding carboxylic acids is 2. The Kier molecular flexibility index (Phi) is 5.95. The third kappa shape index (κ3) is 4.34. The van der Waals surface area contributed by atoms with E-state index in [0.29, 0.717) is 13.1 Å². The van der Waals surface area contributed by atoms with Gasteiger partial charge in [-0.2, -0.15) is 0 Å². The van der Waals surface area contributed by atoms with Gasteiger partial charge < -0.3 is 19.9 Å². The SMILES string of the molecule is CCN(CC)C(=O)C(C)NC(=O)c1cccn1CC(=O)O. The lowest BCUT2D eigenvalue weighted by molar-refractivity contribution is -0.137. The summed E-state index contributed by atoms with van der Waals surface area (Å²) in [6.45, 7) is 6.20. The maximum atomic E-state index is 12.1. The molecule has 0 spiro atoms. The summed E-state index contributed by atoms with van der Waals surface area (Å²) in [5.74, 6) is -1.66. The highest BCUT2D eigenvalue weighted by atomic mass is 16.4. The van der Waals surface area contributed by atoms with E-state index in [9.17, 15) is 14.4 Å². The van der Waals surface area contributed by atoms with Gasteiger partial charge in [-0.1, -0.05) is 0 Å². The minimum absolute atomic E-state index is 0.162. The number of aliphatic carboxylic acids is 1. The first kappa shape index (κ1) is 16.7. The molecule has 1 atom stereocenters. The van der Waals surface area contributed by atoms with E-state index in [1.54, 1.807) is 17.9 Å². The smallest absolute Gasteiger partial charge is 0.323 e. The van der Waals surface area contributed by atoms with Crippen molar-refractivity contribution in [2.45, 2.75) is 33.4 Å². The van der Waals surface area contributed by atoms with E-state index < -0.39 is 17.9 Å². The molecule has 21 heavy (non-hydrogen) atoms. The van der Waals surface area contributed by atoms with Crippen molar-refractivity contribution >= 4 is 17.8 Å². The zero-order valence-corrected chi connectivity index (χ0v) is 12.5. The number of nitrogens with zero attached hydrogens (tertiary/aromatic N) is 2. The highest BCUT2D eigenvalue weighted by Crippen LogP contribution is 2.04. The molecule has 0 aliphatic carbocycles. The number of carboxylic acids is 1. The van der Waals surface area contributed by atoms with Gasteiger partial charge in [0.2, 0.25) is 5.91 Å². The van der Waals surface area contributed by atoms with Crippen LogP contribution in [0.5, 0.6) is 0 Å². The molecule has 0 fully saturated rings. The van der Waals surface area contributed by atoms with Crippen molar-refractivity contribution in [3.63, 3.8) is 0 Å². The van der Waals surface area contributed by atoms with E-state index in [1.165, 1.54) is 16.8 Å². The Balaban J connectivity index is 2.75. The van der Waals surface area contributed by atoms with Gasteiger partial charge in [0.05, 0.1) is 0 Å². The highest BCUT2D eigenvalue weighted by molar-refractivity contribution is 5.96. The molecule has 7 heteroatoms. The number of amides is 2. The maximum absolute atomic E-state index is 12.1. The van der Waals surface area contributed by atoms with Crippen LogP contribution in [0.4, 0.5) is 0 Å². The van der Waals surface area contributed by atoms with Gasteiger partial charge in [-0.3, -0.25) is 14.4 Å². The second-order valence-corrected chi connectivity index (χ2v) is 4.62. The van der Waals surface area contributed by atoms with Crippen molar-refractivity contribution < 1.29 is 19.5 Å². The minimum Gasteiger partial charge on any atom is -0.480 e. The van der Waals surface area contributed by atoms with E-state index >= 15 is 0 Å². The normalized spacial score (nSPS) is 11.8. The van der Waals surface area contributed by atoms with E-state index in [1.807, 2.05) is 13.8 Å². The summed E-state index contributed by atoms with van der Waals surface area (Å²) in [6.07, 6.45) is 1.51. The average molecular weight is 295 g/mol. The number of carbonyl (C=O) groups is 3. The summed E-state index contributed by atoms with van der Waals surface area (Å²) in [7, 11) is 0. The van der Waals surface area contributed by atoms with Crippen LogP contribution in [0.3, 0.4) is 0 Å². The Bertz CT molecular complexity index is 520. The first-order chi connectivity index (χ1) is 9.90. The fourth-order valence-electron chi connectivity index (χ4n) is 2.05. The van der Waals surface area contributed by atoms with Crippen LogP contribution in [-0.2, 0) is 16.1 Å². The lowest BCUT2D eigenvalue weighted by atomic mass is 10.2. The number of hydrogen-bond donors (Lipinski definition) is 2. The molecular formula is C14H21N3O4. The van der Waals surface area contributed by atoms with Gasteiger partial charge in [0.15, 0.2) is 0 Å². The Hall–Kier alpha value is -2.31. The zero-order chi connectivity index (χ0) is 16.0. The largest absolute Gasteiger partial charge is 0.480 e. The molecule has 1 rings (SSSR count).